The van der Waals surface area contributed by atoms with Crippen LogP contribution in [0.2, 0.25) is 0 Å². The van der Waals surface area contributed by atoms with Crippen molar-refractivity contribution in [3.63, 3.8) is 0 Å². The highest BCUT2D eigenvalue weighted by Crippen LogP contribution is 2.01. The van der Waals surface area contributed by atoms with Crippen LogP contribution in [0.5, 0.6) is 0 Å². The smallest absolute Gasteiger partial charge is 0.374 e. The molecule has 0 atom stereocenters. The Morgan fingerprint density at radius 1 is 1.73 bits per heavy atom. The molecule has 1 heterocycles. The van der Waals surface area contributed by atoms with Gasteiger partial charge in [0.2, 0.25) is 5.76 Å². The quantitative estimate of drug-likeness (QED) is 0.644. The Morgan fingerprint density at radius 2 is 2.55 bits per heavy atom. The lowest BCUT2D eigenvalue weighted by Gasteiger charge is -1.97. The van der Waals surface area contributed by atoms with Crippen molar-refractivity contribution >= 4 is 5.97 Å². The van der Waals surface area contributed by atoms with E-state index >= 15 is 0 Å². The van der Waals surface area contributed by atoms with Gasteiger partial charge in [0.25, 0.3) is 0 Å². The minimum atomic E-state index is -0.552. The van der Waals surface area contributed by atoms with Crippen molar-refractivity contribution in [2.75, 3.05) is 13.2 Å². The summed E-state index contributed by atoms with van der Waals surface area (Å²) in [6.07, 6.45) is 1.38. The van der Waals surface area contributed by atoms with E-state index in [0.29, 0.717) is 0 Å². The van der Waals surface area contributed by atoms with Gasteiger partial charge in [-0.15, -0.1) is 0 Å². The summed E-state index contributed by atoms with van der Waals surface area (Å²) in [5, 5.41) is 8.30. The number of furan rings is 1. The van der Waals surface area contributed by atoms with Crippen LogP contribution in [-0.2, 0) is 4.74 Å². The van der Waals surface area contributed by atoms with Gasteiger partial charge < -0.3 is 14.3 Å². The molecule has 60 valence electrons. The lowest BCUT2D eigenvalue weighted by Crippen LogP contribution is -2.07. The highest BCUT2D eigenvalue weighted by atomic mass is 16.5. The van der Waals surface area contributed by atoms with Crippen molar-refractivity contribution < 1.29 is 19.1 Å². The predicted octanol–water partition coefficient (Wildman–Crippen LogP) is 0.429. The van der Waals surface area contributed by atoms with Crippen LogP contribution in [0.4, 0.5) is 0 Å². The molecular formula is C7H8O4. The summed E-state index contributed by atoms with van der Waals surface area (Å²) >= 11 is 0. The minimum Gasteiger partial charge on any atom is -0.457 e. The van der Waals surface area contributed by atoms with Crippen LogP contribution in [-0.4, -0.2) is 24.3 Å². The van der Waals surface area contributed by atoms with Gasteiger partial charge in [0, 0.05) is 0 Å². The van der Waals surface area contributed by atoms with Crippen molar-refractivity contribution in [2.45, 2.75) is 0 Å². The molecule has 0 saturated heterocycles. The molecule has 4 heteroatoms. The van der Waals surface area contributed by atoms with Gasteiger partial charge in [-0.1, -0.05) is 0 Å². The molecule has 0 radical (unpaired) electrons. The van der Waals surface area contributed by atoms with E-state index in [4.69, 9.17) is 9.52 Å². The molecule has 0 aliphatic carbocycles. The number of aliphatic hydroxyl groups is 1. The number of esters is 1. The third-order valence-corrected chi connectivity index (χ3v) is 1.05. The number of aliphatic hydroxyl groups excluding tert-OH is 1. The van der Waals surface area contributed by atoms with E-state index in [9.17, 15) is 4.79 Å². The highest BCUT2D eigenvalue weighted by Gasteiger charge is 2.08. The number of carbonyl (C=O) groups excluding carboxylic acids is 1. The molecule has 4 nitrogen and oxygen atoms in total. The zero-order valence-electron chi connectivity index (χ0n) is 5.82. The van der Waals surface area contributed by atoms with E-state index in [1.165, 1.54) is 12.3 Å². The van der Waals surface area contributed by atoms with Crippen molar-refractivity contribution in [3.8, 4) is 0 Å². The molecule has 0 aromatic carbocycles. The summed E-state index contributed by atoms with van der Waals surface area (Å²) in [4.78, 5) is 10.8. The van der Waals surface area contributed by atoms with Crippen LogP contribution in [0.1, 0.15) is 10.6 Å². The lowest BCUT2D eigenvalue weighted by molar-refractivity contribution is 0.0399. The molecule has 1 N–H and O–H groups in total. The first-order valence-corrected chi connectivity index (χ1v) is 3.16. The van der Waals surface area contributed by atoms with Gasteiger partial charge in [-0.3, -0.25) is 0 Å². The lowest BCUT2D eigenvalue weighted by atomic mass is 10.5. The zero-order valence-corrected chi connectivity index (χ0v) is 5.82. The second-order valence-corrected chi connectivity index (χ2v) is 1.84. The van der Waals surface area contributed by atoms with Gasteiger partial charge in [-0.25, -0.2) is 4.79 Å². The van der Waals surface area contributed by atoms with E-state index in [-0.39, 0.29) is 19.0 Å². The van der Waals surface area contributed by atoms with E-state index < -0.39 is 5.97 Å². The second kappa shape index (κ2) is 3.78. The number of hydrogen-bond acceptors (Lipinski definition) is 4. The van der Waals surface area contributed by atoms with Crippen molar-refractivity contribution in [3.05, 3.63) is 24.2 Å². The standard InChI is InChI=1S/C7H8O4/c8-3-5-11-7(9)6-2-1-4-10-6/h1-2,4,8H,3,5H2. The van der Waals surface area contributed by atoms with Gasteiger partial charge in [-0.2, -0.15) is 0 Å². The summed E-state index contributed by atoms with van der Waals surface area (Å²) in [6, 6.07) is 3.09. The largest absolute Gasteiger partial charge is 0.457 e. The average Bonchev–Trinajstić information content (AvgIpc) is 2.52. The van der Waals surface area contributed by atoms with Crippen LogP contribution in [0.3, 0.4) is 0 Å². The number of carbonyl (C=O) groups is 1. The Balaban J connectivity index is 2.43. The van der Waals surface area contributed by atoms with Crippen LogP contribution < -0.4 is 0 Å². The average molecular weight is 156 g/mol. The number of hydrogen-bond donors (Lipinski definition) is 1. The van der Waals surface area contributed by atoms with Gasteiger partial charge in [-0.05, 0) is 12.1 Å². The first kappa shape index (κ1) is 7.81. The Kier molecular flexibility index (Phi) is 2.68. The van der Waals surface area contributed by atoms with Gasteiger partial charge in [0.05, 0.1) is 12.9 Å². The molecule has 11 heavy (non-hydrogen) atoms. The molecule has 0 aliphatic rings. The molecule has 0 saturated carbocycles. The predicted molar refractivity (Wildman–Crippen MR) is 36.1 cm³/mol. The van der Waals surface area contributed by atoms with Crippen molar-refractivity contribution in [1.29, 1.82) is 0 Å². The normalized spacial score (nSPS) is 9.55. The van der Waals surface area contributed by atoms with Gasteiger partial charge in [0.15, 0.2) is 0 Å². The molecule has 0 bridgehead atoms. The Hall–Kier alpha value is -1.29. The molecule has 1 aromatic heterocycles. The van der Waals surface area contributed by atoms with Crippen LogP contribution in [0.25, 0.3) is 0 Å². The maximum atomic E-state index is 10.8. The second-order valence-electron chi connectivity index (χ2n) is 1.84. The van der Waals surface area contributed by atoms with Crippen LogP contribution in [0, 0.1) is 0 Å². The van der Waals surface area contributed by atoms with Crippen LogP contribution in [0.15, 0.2) is 22.8 Å². The first-order chi connectivity index (χ1) is 5.34. The molecule has 0 spiro atoms. The molecule has 1 rings (SSSR count). The van der Waals surface area contributed by atoms with E-state index in [1.54, 1.807) is 6.07 Å². The summed E-state index contributed by atoms with van der Waals surface area (Å²) in [7, 11) is 0. The number of ether oxygens (including phenoxy) is 1. The third kappa shape index (κ3) is 2.09. The van der Waals surface area contributed by atoms with Gasteiger partial charge >= 0.3 is 5.97 Å². The summed E-state index contributed by atoms with van der Waals surface area (Å²) < 4.78 is 9.29. The minimum absolute atomic E-state index is 0.000463. The van der Waals surface area contributed by atoms with Crippen molar-refractivity contribution in [2.24, 2.45) is 0 Å². The maximum absolute atomic E-state index is 10.8. The highest BCUT2D eigenvalue weighted by molar-refractivity contribution is 5.86. The molecule has 0 fully saturated rings. The Labute approximate surface area is 63.4 Å². The maximum Gasteiger partial charge on any atom is 0.374 e. The van der Waals surface area contributed by atoms with E-state index in [0.717, 1.165) is 0 Å². The van der Waals surface area contributed by atoms with Crippen molar-refractivity contribution in [1.82, 2.24) is 0 Å². The SMILES string of the molecule is O=C(OCCO)c1ccco1. The monoisotopic (exact) mass is 156 g/mol. The molecule has 0 amide bonds. The Morgan fingerprint density at radius 3 is 3.09 bits per heavy atom. The van der Waals surface area contributed by atoms with Gasteiger partial charge in [0.1, 0.15) is 6.61 Å². The molecule has 1 aromatic rings. The molecule has 0 unspecified atom stereocenters. The zero-order chi connectivity index (χ0) is 8.10. The first-order valence-electron chi connectivity index (χ1n) is 3.16. The number of rotatable bonds is 3. The van der Waals surface area contributed by atoms with E-state index in [2.05, 4.69) is 4.74 Å². The van der Waals surface area contributed by atoms with E-state index in [1.807, 2.05) is 0 Å². The third-order valence-electron chi connectivity index (χ3n) is 1.05. The Bertz CT molecular complexity index is 214. The molecule has 0 aliphatic heterocycles. The summed E-state index contributed by atoms with van der Waals surface area (Å²) in [5.41, 5.74) is 0. The summed E-state index contributed by atoms with van der Waals surface area (Å²) in [5.74, 6) is -0.400. The fraction of sp³-hybridized carbons (Fsp3) is 0.286. The fourth-order valence-electron chi connectivity index (χ4n) is 0.604. The fourth-order valence-corrected chi connectivity index (χ4v) is 0.604. The van der Waals surface area contributed by atoms with Crippen LogP contribution >= 0.6 is 0 Å². The molecular weight excluding hydrogens is 148 g/mol. The topological polar surface area (TPSA) is 59.7 Å². The summed E-state index contributed by atoms with van der Waals surface area (Å²) in [6.45, 7) is -0.175.